The topological polar surface area (TPSA) is 37.8 Å². The Morgan fingerprint density at radius 1 is 1.16 bits per heavy atom. The van der Waals surface area contributed by atoms with E-state index in [4.69, 9.17) is 11.6 Å². The molecule has 0 saturated heterocycles. The molecule has 0 amide bonds. The van der Waals surface area contributed by atoms with E-state index in [0.717, 1.165) is 23.1 Å². The summed E-state index contributed by atoms with van der Waals surface area (Å²) in [7, 11) is 0. The molecule has 0 radical (unpaired) electrons. The maximum absolute atomic E-state index is 5.77. The standard InChI is InChI=1S/C14H18ClN3S/c1-14(2,3)12-17-13(19-18-12)16-9-11-6-4-10(8-15)5-7-11/h4-7H,8-9H2,1-3H3,(H,16,17,18). The zero-order valence-electron chi connectivity index (χ0n) is 11.4. The SMILES string of the molecule is CC(C)(C)c1nsc(NCc2ccc(CCl)cc2)n1. The average molecular weight is 296 g/mol. The molecule has 0 aliphatic rings. The van der Waals surface area contributed by atoms with Crippen LogP contribution in [0.1, 0.15) is 37.7 Å². The molecule has 1 N–H and O–H groups in total. The summed E-state index contributed by atoms with van der Waals surface area (Å²) in [6.07, 6.45) is 0. The van der Waals surface area contributed by atoms with Gasteiger partial charge in [-0.15, -0.1) is 11.6 Å². The predicted molar refractivity (Wildman–Crippen MR) is 81.9 cm³/mol. The van der Waals surface area contributed by atoms with Crippen molar-refractivity contribution in [3.05, 3.63) is 41.2 Å². The molecule has 2 aromatic rings. The zero-order chi connectivity index (χ0) is 13.9. The summed E-state index contributed by atoms with van der Waals surface area (Å²) in [5, 5.41) is 4.17. The van der Waals surface area contributed by atoms with Crippen molar-refractivity contribution in [2.75, 3.05) is 5.32 Å². The lowest BCUT2D eigenvalue weighted by Crippen LogP contribution is -2.13. The molecule has 0 spiro atoms. The minimum absolute atomic E-state index is 0.00156. The van der Waals surface area contributed by atoms with Gasteiger partial charge >= 0.3 is 0 Å². The Labute approximate surface area is 123 Å². The highest BCUT2D eigenvalue weighted by Gasteiger charge is 2.19. The van der Waals surface area contributed by atoms with Crippen molar-refractivity contribution in [1.29, 1.82) is 0 Å². The first-order valence-corrected chi connectivity index (χ1v) is 7.51. The van der Waals surface area contributed by atoms with Crippen LogP contribution >= 0.6 is 23.1 Å². The van der Waals surface area contributed by atoms with Crippen molar-refractivity contribution in [2.45, 2.75) is 38.6 Å². The molecular weight excluding hydrogens is 278 g/mol. The second-order valence-electron chi connectivity index (χ2n) is 5.48. The number of hydrogen-bond donors (Lipinski definition) is 1. The van der Waals surface area contributed by atoms with Crippen molar-refractivity contribution >= 4 is 28.3 Å². The number of rotatable bonds is 4. The first-order chi connectivity index (χ1) is 8.99. The molecule has 3 nitrogen and oxygen atoms in total. The fraction of sp³-hybridized carbons (Fsp3) is 0.429. The largest absolute Gasteiger partial charge is 0.356 e. The van der Waals surface area contributed by atoms with Crippen LogP contribution in [-0.2, 0) is 17.8 Å². The van der Waals surface area contributed by atoms with Gasteiger partial charge in [-0.05, 0) is 11.1 Å². The number of hydrogen-bond acceptors (Lipinski definition) is 4. The average Bonchev–Trinajstić information content (AvgIpc) is 2.86. The number of halogens is 1. The molecule has 0 unspecified atom stereocenters. The number of benzene rings is 1. The smallest absolute Gasteiger partial charge is 0.202 e. The van der Waals surface area contributed by atoms with Gasteiger partial charge in [0.1, 0.15) is 5.82 Å². The van der Waals surface area contributed by atoms with E-state index < -0.39 is 0 Å². The van der Waals surface area contributed by atoms with Crippen molar-refractivity contribution in [1.82, 2.24) is 9.36 Å². The summed E-state index contributed by atoms with van der Waals surface area (Å²) >= 11 is 7.18. The summed E-state index contributed by atoms with van der Waals surface area (Å²) in [6, 6.07) is 8.25. The van der Waals surface area contributed by atoms with Gasteiger partial charge < -0.3 is 5.32 Å². The van der Waals surface area contributed by atoms with Crippen LogP contribution in [0.5, 0.6) is 0 Å². The Kier molecular flexibility index (Phi) is 4.42. The second-order valence-corrected chi connectivity index (χ2v) is 6.50. The third kappa shape index (κ3) is 3.91. The maximum atomic E-state index is 5.77. The number of alkyl halides is 1. The number of nitrogens with zero attached hydrogens (tertiary/aromatic N) is 2. The fourth-order valence-corrected chi connectivity index (χ4v) is 2.45. The van der Waals surface area contributed by atoms with Crippen molar-refractivity contribution in [2.24, 2.45) is 0 Å². The summed E-state index contributed by atoms with van der Waals surface area (Å²) in [5.74, 6) is 1.44. The molecule has 0 bridgehead atoms. The number of anilines is 1. The van der Waals surface area contributed by atoms with Crippen LogP contribution in [0.2, 0.25) is 0 Å². The molecule has 0 saturated carbocycles. The van der Waals surface area contributed by atoms with Crippen LogP contribution in [0.15, 0.2) is 24.3 Å². The molecule has 102 valence electrons. The van der Waals surface area contributed by atoms with Crippen LogP contribution in [0, 0.1) is 0 Å². The quantitative estimate of drug-likeness (QED) is 0.860. The maximum Gasteiger partial charge on any atom is 0.202 e. The minimum Gasteiger partial charge on any atom is -0.356 e. The molecule has 19 heavy (non-hydrogen) atoms. The normalized spacial score (nSPS) is 11.6. The van der Waals surface area contributed by atoms with Gasteiger partial charge in [-0.25, -0.2) is 4.98 Å². The third-order valence-electron chi connectivity index (χ3n) is 2.72. The van der Waals surface area contributed by atoms with Gasteiger partial charge in [-0.2, -0.15) is 4.37 Å². The fourth-order valence-electron chi connectivity index (χ4n) is 1.52. The van der Waals surface area contributed by atoms with E-state index in [1.165, 1.54) is 17.1 Å². The Balaban J connectivity index is 1.96. The first-order valence-electron chi connectivity index (χ1n) is 6.21. The highest BCUT2D eigenvalue weighted by molar-refractivity contribution is 7.09. The Morgan fingerprint density at radius 3 is 2.32 bits per heavy atom. The van der Waals surface area contributed by atoms with E-state index in [2.05, 4.69) is 47.6 Å². The van der Waals surface area contributed by atoms with Crippen LogP contribution in [0.3, 0.4) is 0 Å². The van der Waals surface area contributed by atoms with Crippen LogP contribution in [0.4, 0.5) is 5.13 Å². The lowest BCUT2D eigenvalue weighted by molar-refractivity contribution is 0.555. The molecule has 2 rings (SSSR count). The predicted octanol–water partition coefficient (Wildman–Crippen LogP) is 4.19. The molecule has 1 aromatic carbocycles. The molecule has 0 aliphatic heterocycles. The molecule has 1 aromatic heterocycles. The van der Waals surface area contributed by atoms with Crippen LogP contribution in [-0.4, -0.2) is 9.36 Å². The van der Waals surface area contributed by atoms with Gasteiger partial charge in [0.2, 0.25) is 5.13 Å². The van der Waals surface area contributed by atoms with Gasteiger partial charge in [0.05, 0.1) is 0 Å². The van der Waals surface area contributed by atoms with Crippen molar-refractivity contribution < 1.29 is 0 Å². The Bertz CT molecular complexity index is 528. The second kappa shape index (κ2) is 5.88. The lowest BCUT2D eigenvalue weighted by Gasteiger charge is -2.12. The van der Waals surface area contributed by atoms with Gasteiger partial charge in [-0.3, -0.25) is 0 Å². The van der Waals surface area contributed by atoms with E-state index >= 15 is 0 Å². The molecule has 0 aliphatic carbocycles. The summed E-state index contributed by atoms with van der Waals surface area (Å²) in [6.45, 7) is 7.10. The van der Waals surface area contributed by atoms with Gasteiger partial charge in [0.25, 0.3) is 0 Å². The highest BCUT2D eigenvalue weighted by atomic mass is 35.5. The minimum atomic E-state index is -0.00156. The molecule has 0 fully saturated rings. The first kappa shape index (κ1) is 14.3. The Hall–Kier alpha value is -1.13. The molecular formula is C14H18ClN3S. The number of aromatic nitrogens is 2. The van der Waals surface area contributed by atoms with Crippen LogP contribution < -0.4 is 5.32 Å². The van der Waals surface area contributed by atoms with E-state index in [-0.39, 0.29) is 5.41 Å². The van der Waals surface area contributed by atoms with Crippen molar-refractivity contribution in [3.8, 4) is 0 Å². The lowest BCUT2D eigenvalue weighted by atomic mass is 9.96. The van der Waals surface area contributed by atoms with E-state index in [9.17, 15) is 0 Å². The molecule has 5 heteroatoms. The highest BCUT2D eigenvalue weighted by Crippen LogP contribution is 2.23. The van der Waals surface area contributed by atoms with Gasteiger partial charge in [0, 0.05) is 29.4 Å². The van der Waals surface area contributed by atoms with Gasteiger partial charge in [-0.1, -0.05) is 45.0 Å². The Morgan fingerprint density at radius 2 is 1.79 bits per heavy atom. The number of nitrogens with one attached hydrogen (secondary N) is 1. The van der Waals surface area contributed by atoms with E-state index in [1.807, 2.05) is 12.1 Å². The zero-order valence-corrected chi connectivity index (χ0v) is 13.0. The van der Waals surface area contributed by atoms with E-state index in [0.29, 0.717) is 5.88 Å². The summed E-state index contributed by atoms with van der Waals surface area (Å²) in [5.41, 5.74) is 2.34. The summed E-state index contributed by atoms with van der Waals surface area (Å²) < 4.78 is 4.38. The third-order valence-corrected chi connectivity index (χ3v) is 3.70. The van der Waals surface area contributed by atoms with Crippen molar-refractivity contribution in [3.63, 3.8) is 0 Å². The summed E-state index contributed by atoms with van der Waals surface area (Å²) in [4.78, 5) is 4.51. The van der Waals surface area contributed by atoms with Crippen LogP contribution in [0.25, 0.3) is 0 Å². The van der Waals surface area contributed by atoms with Gasteiger partial charge in [0.15, 0.2) is 0 Å². The molecule has 1 heterocycles. The van der Waals surface area contributed by atoms with E-state index in [1.54, 1.807) is 0 Å². The monoisotopic (exact) mass is 295 g/mol. The molecule has 0 atom stereocenters.